The number of halogens is 1. The molecule has 160 valence electrons. The molecule has 2 aromatic carbocycles. The number of hydrogen-bond donors (Lipinski definition) is 0. The monoisotopic (exact) mass is 427 g/mol. The summed E-state index contributed by atoms with van der Waals surface area (Å²) in [7, 11) is 0. The lowest BCUT2D eigenvalue weighted by Gasteiger charge is -2.31. The number of aliphatic imine (C=N–C) groups is 1. The van der Waals surface area contributed by atoms with Crippen LogP contribution in [0, 0.1) is 0 Å². The summed E-state index contributed by atoms with van der Waals surface area (Å²) in [5, 5.41) is 4.18. The van der Waals surface area contributed by atoms with Crippen molar-refractivity contribution in [2.75, 3.05) is 18.0 Å². The predicted octanol–water partition coefficient (Wildman–Crippen LogP) is 5.87. The van der Waals surface area contributed by atoms with Gasteiger partial charge in [0, 0.05) is 31.1 Å². The summed E-state index contributed by atoms with van der Waals surface area (Å²) in [4.78, 5) is 12.5. The van der Waals surface area contributed by atoms with Crippen LogP contribution in [-0.4, -0.2) is 31.8 Å². The quantitative estimate of drug-likeness (QED) is 0.300. The molecule has 6 heteroatoms. The maximum absolute atomic E-state index is 6.35. The van der Waals surface area contributed by atoms with Gasteiger partial charge in [0.15, 0.2) is 0 Å². The maximum Gasteiger partial charge on any atom is 0.251 e. The molecule has 0 aliphatic carbocycles. The van der Waals surface area contributed by atoms with Gasteiger partial charge in [-0.15, -0.1) is 0 Å². The molecule has 0 N–H and O–H groups in total. The normalized spacial score (nSPS) is 13.9. The zero-order valence-corrected chi connectivity index (χ0v) is 18.8. The van der Waals surface area contributed by atoms with Crippen molar-refractivity contribution in [1.82, 2.24) is 0 Å². The first-order chi connectivity index (χ1) is 14.5. The molecule has 0 unspecified atom stereocenters. The summed E-state index contributed by atoms with van der Waals surface area (Å²) < 4.78 is 5.69. The fourth-order valence-electron chi connectivity index (χ4n) is 3.70. The largest absolute Gasteiger partial charge is 0.489 e. The van der Waals surface area contributed by atoms with Crippen LogP contribution >= 0.6 is 11.6 Å². The standard InChI is InChI=1S/C24H30ClN3O2/c1-5-12-28-13-6-7-19-15-20(9-10-22(19)28)24(30-26-4)27-16-18-8-11-23(21(25)14-18)29-17(2)3/h8-11,14-15,17H,4-7,12-13,16H2,1-3H3. The molecule has 0 radical (unpaired) electrons. The van der Waals surface area contributed by atoms with Crippen molar-refractivity contribution in [2.45, 2.75) is 52.7 Å². The zero-order chi connectivity index (χ0) is 21.5. The molecular formula is C24H30ClN3O2. The van der Waals surface area contributed by atoms with Gasteiger partial charge in [-0.2, -0.15) is 0 Å². The summed E-state index contributed by atoms with van der Waals surface area (Å²) in [6.45, 7) is 12.2. The van der Waals surface area contributed by atoms with Crippen LogP contribution in [0.5, 0.6) is 5.75 Å². The Bertz CT molecular complexity index is 911. The van der Waals surface area contributed by atoms with Gasteiger partial charge in [-0.3, -0.25) is 0 Å². The van der Waals surface area contributed by atoms with E-state index in [4.69, 9.17) is 21.2 Å². The van der Waals surface area contributed by atoms with E-state index in [9.17, 15) is 0 Å². The first-order valence-electron chi connectivity index (χ1n) is 10.5. The molecule has 30 heavy (non-hydrogen) atoms. The van der Waals surface area contributed by atoms with Crippen LogP contribution in [0.1, 0.15) is 50.3 Å². The smallest absolute Gasteiger partial charge is 0.251 e. The van der Waals surface area contributed by atoms with Gasteiger partial charge in [0.05, 0.1) is 17.7 Å². The van der Waals surface area contributed by atoms with Crippen molar-refractivity contribution < 1.29 is 9.57 Å². The van der Waals surface area contributed by atoms with E-state index in [2.05, 4.69) is 40.8 Å². The van der Waals surface area contributed by atoms with Crippen molar-refractivity contribution in [1.29, 1.82) is 0 Å². The minimum atomic E-state index is 0.0716. The van der Waals surface area contributed by atoms with E-state index < -0.39 is 0 Å². The fourth-order valence-corrected chi connectivity index (χ4v) is 3.95. The second kappa shape index (κ2) is 10.5. The number of fused-ring (bicyclic) bond motifs is 1. The lowest BCUT2D eigenvalue weighted by molar-refractivity contribution is 0.242. The molecule has 0 aromatic heterocycles. The fraction of sp³-hybridized carbons (Fsp3) is 0.417. The summed E-state index contributed by atoms with van der Waals surface area (Å²) >= 11 is 6.35. The Balaban J connectivity index is 1.81. The van der Waals surface area contributed by atoms with Gasteiger partial charge in [-0.25, -0.2) is 4.99 Å². The van der Waals surface area contributed by atoms with Gasteiger partial charge in [0.25, 0.3) is 5.90 Å². The average molecular weight is 428 g/mol. The minimum absolute atomic E-state index is 0.0716. The van der Waals surface area contributed by atoms with Crippen LogP contribution in [0.15, 0.2) is 46.5 Å². The molecule has 1 aliphatic heterocycles. The van der Waals surface area contributed by atoms with Crippen molar-refractivity contribution in [2.24, 2.45) is 10.1 Å². The molecule has 1 heterocycles. The zero-order valence-electron chi connectivity index (χ0n) is 18.0. The molecular weight excluding hydrogens is 398 g/mol. The summed E-state index contributed by atoms with van der Waals surface area (Å²) in [5.41, 5.74) is 4.51. The first kappa shape index (κ1) is 22.2. The van der Waals surface area contributed by atoms with Crippen LogP contribution in [-0.2, 0) is 17.8 Å². The molecule has 2 aromatic rings. The van der Waals surface area contributed by atoms with Crippen LogP contribution in [0.25, 0.3) is 0 Å². The number of oxime groups is 1. The maximum atomic E-state index is 6.35. The van der Waals surface area contributed by atoms with Crippen molar-refractivity contribution in [3.8, 4) is 5.75 Å². The molecule has 5 nitrogen and oxygen atoms in total. The number of benzene rings is 2. The highest BCUT2D eigenvalue weighted by Crippen LogP contribution is 2.29. The highest BCUT2D eigenvalue weighted by molar-refractivity contribution is 6.32. The third-order valence-electron chi connectivity index (χ3n) is 4.95. The third kappa shape index (κ3) is 5.54. The van der Waals surface area contributed by atoms with Crippen LogP contribution in [0.3, 0.4) is 0 Å². The van der Waals surface area contributed by atoms with Crippen molar-refractivity contribution in [3.05, 3.63) is 58.1 Å². The Morgan fingerprint density at radius 3 is 2.77 bits per heavy atom. The average Bonchev–Trinajstić information content (AvgIpc) is 2.72. The Hall–Kier alpha value is -2.53. The first-order valence-corrected chi connectivity index (χ1v) is 10.9. The Labute approximate surface area is 184 Å². The molecule has 3 rings (SSSR count). The van der Waals surface area contributed by atoms with E-state index in [1.807, 2.05) is 38.1 Å². The SMILES string of the molecule is C=NOC(=NCc1ccc(OC(C)C)c(Cl)c1)c1ccc2c(c1)CCCN2CCC. The topological polar surface area (TPSA) is 46.4 Å². The van der Waals surface area contributed by atoms with Crippen molar-refractivity contribution in [3.63, 3.8) is 0 Å². The van der Waals surface area contributed by atoms with E-state index in [1.54, 1.807) is 0 Å². The second-order valence-corrected chi connectivity index (χ2v) is 8.11. The van der Waals surface area contributed by atoms with E-state index in [-0.39, 0.29) is 6.10 Å². The molecule has 0 fully saturated rings. The number of aryl methyl sites for hydroxylation is 1. The van der Waals surface area contributed by atoms with E-state index >= 15 is 0 Å². The Kier molecular flexibility index (Phi) is 7.75. The van der Waals surface area contributed by atoms with E-state index in [0.29, 0.717) is 23.2 Å². The highest BCUT2D eigenvalue weighted by atomic mass is 35.5. The molecule has 0 bridgehead atoms. The number of anilines is 1. The molecule has 0 amide bonds. The van der Waals surface area contributed by atoms with Crippen LogP contribution < -0.4 is 9.64 Å². The van der Waals surface area contributed by atoms with E-state index in [0.717, 1.165) is 43.5 Å². The van der Waals surface area contributed by atoms with Gasteiger partial charge in [-0.05, 0) is 74.6 Å². The van der Waals surface area contributed by atoms with Gasteiger partial charge in [0.2, 0.25) is 0 Å². The second-order valence-electron chi connectivity index (χ2n) is 7.71. The Morgan fingerprint density at radius 1 is 1.23 bits per heavy atom. The molecule has 0 saturated heterocycles. The summed E-state index contributed by atoms with van der Waals surface area (Å²) in [6.07, 6.45) is 3.43. The lowest BCUT2D eigenvalue weighted by Crippen LogP contribution is -2.30. The summed E-state index contributed by atoms with van der Waals surface area (Å²) in [6, 6.07) is 12.1. The molecule has 0 spiro atoms. The molecule has 0 atom stereocenters. The number of rotatable bonds is 8. The van der Waals surface area contributed by atoms with Crippen LogP contribution in [0.2, 0.25) is 5.02 Å². The number of nitrogens with zero attached hydrogens (tertiary/aromatic N) is 3. The van der Waals surface area contributed by atoms with Gasteiger partial charge >= 0.3 is 0 Å². The Morgan fingerprint density at radius 2 is 2.07 bits per heavy atom. The summed E-state index contributed by atoms with van der Waals surface area (Å²) in [5.74, 6) is 1.13. The lowest BCUT2D eigenvalue weighted by atomic mass is 9.99. The van der Waals surface area contributed by atoms with Gasteiger partial charge in [-0.1, -0.05) is 29.7 Å². The minimum Gasteiger partial charge on any atom is -0.489 e. The molecule has 1 aliphatic rings. The third-order valence-corrected chi connectivity index (χ3v) is 5.25. The number of ether oxygens (including phenoxy) is 1. The van der Waals surface area contributed by atoms with Crippen LogP contribution in [0.4, 0.5) is 5.69 Å². The van der Waals surface area contributed by atoms with E-state index in [1.165, 1.54) is 11.3 Å². The highest BCUT2D eigenvalue weighted by Gasteiger charge is 2.18. The van der Waals surface area contributed by atoms with Gasteiger partial charge in [0.1, 0.15) is 5.75 Å². The van der Waals surface area contributed by atoms with Crippen molar-refractivity contribution >= 4 is 29.9 Å². The molecule has 0 saturated carbocycles. The van der Waals surface area contributed by atoms with Gasteiger partial charge < -0.3 is 14.5 Å². The predicted molar refractivity (Wildman–Crippen MR) is 125 cm³/mol. The number of hydrogen-bond acceptors (Lipinski definition) is 5.